The van der Waals surface area contributed by atoms with Gasteiger partial charge in [0.15, 0.2) is 0 Å². The van der Waals surface area contributed by atoms with E-state index in [1.807, 2.05) is 11.3 Å². The molecule has 10 aromatic rings. The first-order valence-corrected chi connectivity index (χ1v) is 20.1. The van der Waals surface area contributed by atoms with Crippen molar-refractivity contribution in [3.63, 3.8) is 0 Å². The van der Waals surface area contributed by atoms with Crippen molar-refractivity contribution in [2.24, 2.45) is 0 Å². The van der Waals surface area contributed by atoms with E-state index in [9.17, 15) is 0 Å². The molecule has 2 heterocycles. The van der Waals surface area contributed by atoms with Crippen LogP contribution in [0.5, 0.6) is 11.5 Å². The number of thiophene rings is 1. The molecule has 0 saturated heterocycles. The highest BCUT2D eigenvalue weighted by molar-refractivity contribution is 7.26. The van der Waals surface area contributed by atoms with Crippen molar-refractivity contribution < 1.29 is 4.74 Å². The van der Waals surface area contributed by atoms with Gasteiger partial charge in [0.25, 0.3) is 0 Å². The Balaban J connectivity index is 1.03. The molecule has 11 rings (SSSR count). The van der Waals surface area contributed by atoms with E-state index < -0.39 is 0 Å². The van der Waals surface area contributed by atoms with Crippen LogP contribution < -0.4 is 9.64 Å². The molecule has 0 saturated carbocycles. The van der Waals surface area contributed by atoms with Crippen LogP contribution in [-0.4, -0.2) is 0 Å². The van der Waals surface area contributed by atoms with E-state index in [2.05, 4.69) is 217 Å². The molecule has 1 aromatic heterocycles. The molecule has 0 aliphatic carbocycles. The highest BCUT2D eigenvalue weighted by Gasteiger charge is 2.24. The summed E-state index contributed by atoms with van der Waals surface area (Å²) in [5, 5.41) is 2.62. The highest BCUT2D eigenvalue weighted by Crippen LogP contribution is 2.50. The molecule has 0 N–H and O–H groups in total. The minimum atomic E-state index is 0.837. The summed E-state index contributed by atoms with van der Waals surface area (Å²) in [6, 6.07) is 76.2. The number of anilines is 3. The molecule has 57 heavy (non-hydrogen) atoms. The monoisotopic (exact) mass is 745 g/mol. The molecule has 0 bridgehead atoms. The lowest BCUT2D eigenvalue weighted by Gasteiger charge is -2.27. The molecule has 0 unspecified atom stereocenters. The Morgan fingerprint density at radius 3 is 1.51 bits per heavy atom. The Kier molecular flexibility index (Phi) is 8.04. The Hall–Kier alpha value is -7.20. The zero-order valence-corrected chi connectivity index (χ0v) is 31.8. The lowest BCUT2D eigenvalue weighted by Crippen LogP contribution is -2.10. The van der Waals surface area contributed by atoms with Gasteiger partial charge in [-0.3, -0.25) is 0 Å². The van der Waals surface area contributed by atoms with Crippen molar-refractivity contribution in [2.45, 2.75) is 0 Å². The van der Waals surface area contributed by atoms with Gasteiger partial charge in [-0.1, -0.05) is 152 Å². The fraction of sp³-hybridized carbons (Fsp3) is 0. The molecule has 1 aliphatic rings. The Morgan fingerprint density at radius 1 is 0.316 bits per heavy atom. The molecule has 1 aliphatic heterocycles. The summed E-state index contributed by atoms with van der Waals surface area (Å²) in [5.74, 6) is 1.69. The second kappa shape index (κ2) is 13.8. The first kappa shape index (κ1) is 33.2. The minimum Gasteiger partial charge on any atom is -0.456 e. The van der Waals surface area contributed by atoms with E-state index in [0.717, 1.165) is 56.4 Å². The fourth-order valence-corrected chi connectivity index (χ4v) is 9.55. The smallest absolute Gasteiger partial charge is 0.135 e. The zero-order chi connectivity index (χ0) is 37.7. The lowest BCUT2D eigenvalue weighted by molar-refractivity contribution is 0.488. The van der Waals surface area contributed by atoms with Gasteiger partial charge < -0.3 is 9.64 Å². The van der Waals surface area contributed by atoms with Crippen LogP contribution in [0.4, 0.5) is 17.1 Å². The third kappa shape index (κ3) is 5.88. The standard InChI is InChI=1S/C54H35NOS/c1-3-12-36(13-4-1)38-22-27-41(28-23-38)55(42-29-24-39(25-30-42)44-19-11-20-48-47-18-9-10-21-53(47)57-54(44)48)43-31-33-52-50(35-43)46-17-8-7-16-45(46)49-34-40(26-32-51(49)56-52)37-14-5-2-6-15-37/h1-35H. The molecular weight excluding hydrogens is 711 g/mol. The van der Waals surface area contributed by atoms with Crippen LogP contribution in [0.25, 0.3) is 75.8 Å². The first-order chi connectivity index (χ1) is 28.2. The van der Waals surface area contributed by atoms with E-state index in [1.165, 1.54) is 48.0 Å². The van der Waals surface area contributed by atoms with E-state index >= 15 is 0 Å². The van der Waals surface area contributed by atoms with Crippen molar-refractivity contribution in [1.29, 1.82) is 0 Å². The molecule has 0 amide bonds. The Labute approximate surface area is 336 Å². The molecule has 2 nitrogen and oxygen atoms in total. The lowest BCUT2D eigenvalue weighted by atomic mass is 9.92. The van der Waals surface area contributed by atoms with Crippen LogP contribution >= 0.6 is 11.3 Å². The average molecular weight is 746 g/mol. The maximum Gasteiger partial charge on any atom is 0.135 e. The fourth-order valence-electron chi connectivity index (χ4n) is 8.31. The summed E-state index contributed by atoms with van der Waals surface area (Å²) in [7, 11) is 0. The topological polar surface area (TPSA) is 12.5 Å². The molecular formula is C54H35NOS. The predicted molar refractivity (Wildman–Crippen MR) is 241 cm³/mol. The quantitative estimate of drug-likeness (QED) is 0.168. The molecule has 3 heteroatoms. The number of ether oxygens (including phenoxy) is 1. The van der Waals surface area contributed by atoms with E-state index in [-0.39, 0.29) is 0 Å². The van der Waals surface area contributed by atoms with Gasteiger partial charge in [-0.25, -0.2) is 0 Å². The number of hydrogen-bond donors (Lipinski definition) is 0. The maximum atomic E-state index is 6.79. The molecule has 0 spiro atoms. The Bertz CT molecular complexity index is 3080. The van der Waals surface area contributed by atoms with Gasteiger partial charge in [0.2, 0.25) is 0 Å². The summed E-state index contributed by atoms with van der Waals surface area (Å²) in [4.78, 5) is 2.35. The SMILES string of the molecule is c1ccc(-c2ccc(N(c3ccc(-c4cccc5c4sc4ccccc45)cc3)c3ccc4c(c3)-c3ccccc3-c3cc(-c5ccccc5)ccc3O4)cc2)cc1. The Morgan fingerprint density at radius 2 is 0.807 bits per heavy atom. The molecule has 0 atom stereocenters. The summed E-state index contributed by atoms with van der Waals surface area (Å²) in [5.41, 5.74) is 14.8. The third-order valence-corrected chi connectivity index (χ3v) is 12.3. The van der Waals surface area contributed by atoms with Crippen LogP contribution in [0.15, 0.2) is 212 Å². The zero-order valence-electron chi connectivity index (χ0n) is 31.0. The van der Waals surface area contributed by atoms with Crippen LogP contribution in [0, 0.1) is 0 Å². The average Bonchev–Trinajstić information content (AvgIpc) is 3.61. The second-order valence-corrected chi connectivity index (χ2v) is 15.5. The molecule has 0 radical (unpaired) electrons. The van der Waals surface area contributed by atoms with Crippen molar-refractivity contribution in [3.05, 3.63) is 212 Å². The van der Waals surface area contributed by atoms with Crippen LogP contribution in [0.3, 0.4) is 0 Å². The van der Waals surface area contributed by atoms with Gasteiger partial charge in [-0.15, -0.1) is 11.3 Å². The van der Waals surface area contributed by atoms with Crippen LogP contribution in [-0.2, 0) is 0 Å². The van der Waals surface area contributed by atoms with E-state index in [0.29, 0.717) is 0 Å². The predicted octanol–water partition coefficient (Wildman–Crippen LogP) is 16.0. The highest BCUT2D eigenvalue weighted by atomic mass is 32.1. The minimum absolute atomic E-state index is 0.837. The maximum absolute atomic E-state index is 6.79. The van der Waals surface area contributed by atoms with E-state index in [1.54, 1.807) is 0 Å². The van der Waals surface area contributed by atoms with Gasteiger partial charge in [-0.2, -0.15) is 0 Å². The van der Waals surface area contributed by atoms with Gasteiger partial charge in [0, 0.05) is 48.4 Å². The number of fused-ring (bicyclic) bond motifs is 8. The largest absolute Gasteiger partial charge is 0.456 e. The second-order valence-electron chi connectivity index (χ2n) is 14.5. The van der Waals surface area contributed by atoms with Gasteiger partial charge in [-0.05, 0) is 105 Å². The molecule has 0 fully saturated rings. The van der Waals surface area contributed by atoms with E-state index in [4.69, 9.17) is 4.74 Å². The van der Waals surface area contributed by atoms with Crippen molar-refractivity contribution in [3.8, 4) is 67.1 Å². The number of hydrogen-bond acceptors (Lipinski definition) is 3. The van der Waals surface area contributed by atoms with Crippen LogP contribution in [0.1, 0.15) is 0 Å². The summed E-state index contributed by atoms with van der Waals surface area (Å²) < 4.78 is 9.43. The molecule has 268 valence electrons. The van der Waals surface area contributed by atoms with Gasteiger partial charge in [0.1, 0.15) is 11.5 Å². The van der Waals surface area contributed by atoms with Crippen molar-refractivity contribution in [2.75, 3.05) is 4.90 Å². The van der Waals surface area contributed by atoms with Gasteiger partial charge in [0.05, 0.1) is 0 Å². The van der Waals surface area contributed by atoms with Crippen molar-refractivity contribution >= 4 is 48.6 Å². The number of nitrogens with zero attached hydrogens (tertiary/aromatic N) is 1. The normalized spacial score (nSPS) is 11.6. The van der Waals surface area contributed by atoms with Crippen molar-refractivity contribution in [1.82, 2.24) is 0 Å². The number of rotatable bonds is 6. The van der Waals surface area contributed by atoms with Crippen LogP contribution in [0.2, 0.25) is 0 Å². The summed E-state index contributed by atoms with van der Waals surface area (Å²) in [6.07, 6.45) is 0. The number of benzene rings is 9. The molecule has 9 aromatic carbocycles. The summed E-state index contributed by atoms with van der Waals surface area (Å²) in [6.45, 7) is 0. The summed E-state index contributed by atoms with van der Waals surface area (Å²) >= 11 is 1.87. The van der Waals surface area contributed by atoms with Gasteiger partial charge >= 0.3 is 0 Å². The third-order valence-electron chi connectivity index (χ3n) is 11.1. The first-order valence-electron chi connectivity index (χ1n) is 19.3.